The van der Waals surface area contributed by atoms with E-state index in [1.165, 1.54) is 0 Å². The fourth-order valence-corrected chi connectivity index (χ4v) is 1.45. The number of halogens is 1. The van der Waals surface area contributed by atoms with E-state index in [4.69, 9.17) is 17.1 Å². The third kappa shape index (κ3) is 2.19. The molecule has 1 rings (SSSR count). The van der Waals surface area contributed by atoms with Gasteiger partial charge in [-0.05, 0) is 36.6 Å². The zero-order valence-corrected chi connectivity index (χ0v) is 8.99. The molecule has 14 heavy (non-hydrogen) atoms. The Morgan fingerprint density at radius 2 is 2.29 bits per heavy atom. The number of rotatable bonds is 3. The van der Waals surface area contributed by atoms with Crippen LogP contribution in [0.3, 0.4) is 0 Å². The van der Waals surface area contributed by atoms with Crippen LogP contribution >= 0.6 is 11.6 Å². The van der Waals surface area contributed by atoms with Crippen molar-refractivity contribution in [3.8, 4) is 0 Å². The van der Waals surface area contributed by atoms with E-state index < -0.39 is 5.54 Å². The first-order valence-corrected chi connectivity index (χ1v) is 4.82. The largest absolute Gasteiger partial charge is 0.0843 e. The predicted molar refractivity (Wildman–Crippen MR) is 58.2 cm³/mol. The lowest BCUT2D eigenvalue weighted by atomic mass is 9.90. The number of hydrogen-bond donors (Lipinski definition) is 0. The maximum Gasteiger partial charge on any atom is 0.0707 e. The molecular weight excluding hydrogens is 198 g/mol. The van der Waals surface area contributed by atoms with Crippen molar-refractivity contribution < 1.29 is 0 Å². The van der Waals surface area contributed by atoms with Crippen molar-refractivity contribution in [2.45, 2.75) is 25.8 Å². The zero-order valence-electron chi connectivity index (χ0n) is 8.24. The molecule has 0 saturated heterocycles. The SMILES string of the molecule is CCC(C)(N=[N+]=[N-])c1cccc(Cl)c1. The highest BCUT2D eigenvalue weighted by atomic mass is 35.5. The molecule has 1 atom stereocenters. The summed E-state index contributed by atoms with van der Waals surface area (Å²) in [7, 11) is 0. The van der Waals surface area contributed by atoms with Crippen LogP contribution in [0.15, 0.2) is 29.4 Å². The molecule has 0 aliphatic carbocycles. The Bertz CT molecular complexity index is 371. The maximum atomic E-state index is 8.49. The first kappa shape index (κ1) is 10.9. The van der Waals surface area contributed by atoms with Gasteiger partial charge in [-0.25, -0.2) is 0 Å². The van der Waals surface area contributed by atoms with Crippen molar-refractivity contribution in [2.24, 2.45) is 5.11 Å². The van der Waals surface area contributed by atoms with Crippen molar-refractivity contribution in [1.29, 1.82) is 0 Å². The molecule has 0 fully saturated rings. The van der Waals surface area contributed by atoms with Gasteiger partial charge in [0.1, 0.15) is 0 Å². The fraction of sp³-hybridized carbons (Fsp3) is 0.400. The van der Waals surface area contributed by atoms with E-state index in [2.05, 4.69) is 10.0 Å². The van der Waals surface area contributed by atoms with Gasteiger partial charge in [0.15, 0.2) is 0 Å². The molecule has 74 valence electrons. The Morgan fingerprint density at radius 3 is 2.79 bits per heavy atom. The van der Waals surface area contributed by atoms with Crippen molar-refractivity contribution in [3.63, 3.8) is 0 Å². The summed E-state index contributed by atoms with van der Waals surface area (Å²) in [4.78, 5) is 2.87. The van der Waals surface area contributed by atoms with Crippen LogP contribution in [0.5, 0.6) is 0 Å². The van der Waals surface area contributed by atoms with Gasteiger partial charge in [-0.1, -0.05) is 35.8 Å². The van der Waals surface area contributed by atoms with Crippen LogP contribution in [0.4, 0.5) is 0 Å². The Morgan fingerprint density at radius 1 is 1.57 bits per heavy atom. The molecule has 0 aromatic heterocycles. The lowest BCUT2D eigenvalue weighted by Crippen LogP contribution is -2.16. The van der Waals surface area contributed by atoms with Crippen LogP contribution in [-0.4, -0.2) is 0 Å². The summed E-state index contributed by atoms with van der Waals surface area (Å²) in [5.41, 5.74) is 8.94. The average molecular weight is 210 g/mol. The molecule has 0 radical (unpaired) electrons. The predicted octanol–water partition coefficient (Wildman–Crippen LogP) is 4.28. The molecule has 1 aromatic carbocycles. The maximum absolute atomic E-state index is 8.49. The van der Waals surface area contributed by atoms with E-state index in [0.29, 0.717) is 5.02 Å². The van der Waals surface area contributed by atoms with E-state index in [1.807, 2.05) is 32.0 Å². The number of benzene rings is 1. The quantitative estimate of drug-likeness (QED) is 0.406. The molecule has 0 spiro atoms. The number of hydrogen-bond acceptors (Lipinski definition) is 1. The second kappa shape index (κ2) is 4.36. The molecule has 0 heterocycles. The highest BCUT2D eigenvalue weighted by Crippen LogP contribution is 2.30. The first-order valence-electron chi connectivity index (χ1n) is 4.44. The molecule has 3 nitrogen and oxygen atoms in total. The van der Waals surface area contributed by atoms with Crippen LogP contribution in [0.2, 0.25) is 5.02 Å². The van der Waals surface area contributed by atoms with Crippen LogP contribution in [-0.2, 0) is 5.54 Å². The third-order valence-electron chi connectivity index (χ3n) is 2.40. The summed E-state index contributed by atoms with van der Waals surface area (Å²) >= 11 is 5.87. The van der Waals surface area contributed by atoms with Crippen LogP contribution < -0.4 is 0 Å². The molecule has 0 aliphatic heterocycles. The lowest BCUT2D eigenvalue weighted by Gasteiger charge is -2.22. The monoisotopic (exact) mass is 209 g/mol. The van der Waals surface area contributed by atoms with Gasteiger partial charge in [-0.15, -0.1) is 0 Å². The number of azide groups is 1. The Hall–Kier alpha value is -1.18. The minimum Gasteiger partial charge on any atom is -0.0843 e. The van der Waals surface area contributed by atoms with Crippen LogP contribution in [0, 0.1) is 0 Å². The second-order valence-electron chi connectivity index (χ2n) is 3.33. The minimum absolute atomic E-state index is 0.500. The van der Waals surface area contributed by atoms with Crippen LogP contribution in [0.1, 0.15) is 25.8 Å². The Kier molecular flexibility index (Phi) is 3.39. The van der Waals surface area contributed by atoms with E-state index >= 15 is 0 Å². The molecular formula is C10H12ClN3. The number of nitrogens with zero attached hydrogens (tertiary/aromatic N) is 3. The summed E-state index contributed by atoms with van der Waals surface area (Å²) in [6.07, 6.45) is 0.747. The van der Waals surface area contributed by atoms with Crippen molar-refractivity contribution >= 4 is 11.6 Å². The molecule has 0 saturated carbocycles. The summed E-state index contributed by atoms with van der Waals surface area (Å²) in [6, 6.07) is 7.42. The summed E-state index contributed by atoms with van der Waals surface area (Å²) in [5.74, 6) is 0. The zero-order chi connectivity index (χ0) is 10.6. The van der Waals surface area contributed by atoms with Crippen LogP contribution in [0.25, 0.3) is 10.4 Å². The Balaban J connectivity index is 3.18. The standard InChI is InChI=1S/C10H12ClN3/c1-3-10(2,13-14-12)8-5-4-6-9(11)7-8/h4-7H,3H2,1-2H3. The molecule has 1 aromatic rings. The van der Waals surface area contributed by atoms with Gasteiger partial charge < -0.3 is 0 Å². The molecule has 0 aliphatic rings. The normalized spacial score (nSPS) is 14.2. The van der Waals surface area contributed by atoms with Crippen molar-refractivity contribution in [2.75, 3.05) is 0 Å². The van der Waals surface area contributed by atoms with Crippen molar-refractivity contribution in [3.05, 3.63) is 45.3 Å². The molecule has 1 unspecified atom stereocenters. The van der Waals surface area contributed by atoms with E-state index in [-0.39, 0.29) is 0 Å². The highest BCUT2D eigenvalue weighted by Gasteiger charge is 2.22. The van der Waals surface area contributed by atoms with Gasteiger partial charge in [0.2, 0.25) is 0 Å². The fourth-order valence-electron chi connectivity index (χ4n) is 1.25. The summed E-state index contributed by atoms with van der Waals surface area (Å²) < 4.78 is 0. The first-order chi connectivity index (χ1) is 6.62. The van der Waals surface area contributed by atoms with Gasteiger partial charge in [0.05, 0.1) is 5.54 Å². The average Bonchev–Trinajstić information content (AvgIpc) is 2.18. The molecule has 0 bridgehead atoms. The van der Waals surface area contributed by atoms with Crippen molar-refractivity contribution in [1.82, 2.24) is 0 Å². The summed E-state index contributed by atoms with van der Waals surface area (Å²) in [5, 5.41) is 4.47. The van der Waals surface area contributed by atoms with Gasteiger partial charge in [0, 0.05) is 9.93 Å². The van der Waals surface area contributed by atoms with Gasteiger partial charge in [-0.2, -0.15) is 0 Å². The molecule has 0 N–H and O–H groups in total. The van der Waals surface area contributed by atoms with Gasteiger partial charge >= 0.3 is 0 Å². The minimum atomic E-state index is -0.500. The van der Waals surface area contributed by atoms with Gasteiger partial charge in [0.25, 0.3) is 0 Å². The van der Waals surface area contributed by atoms with Gasteiger partial charge in [-0.3, -0.25) is 0 Å². The van der Waals surface area contributed by atoms with E-state index in [0.717, 1.165) is 12.0 Å². The second-order valence-corrected chi connectivity index (χ2v) is 3.76. The Labute approximate surface area is 88.3 Å². The van der Waals surface area contributed by atoms with E-state index in [9.17, 15) is 0 Å². The van der Waals surface area contributed by atoms with E-state index in [1.54, 1.807) is 6.07 Å². The topological polar surface area (TPSA) is 48.8 Å². The third-order valence-corrected chi connectivity index (χ3v) is 2.64. The molecule has 4 heteroatoms. The lowest BCUT2D eigenvalue weighted by molar-refractivity contribution is 0.474. The highest BCUT2D eigenvalue weighted by molar-refractivity contribution is 6.30. The molecule has 0 amide bonds. The smallest absolute Gasteiger partial charge is 0.0707 e. The summed E-state index contributed by atoms with van der Waals surface area (Å²) in [6.45, 7) is 3.88.